The highest BCUT2D eigenvalue weighted by Crippen LogP contribution is 2.14. The summed E-state index contributed by atoms with van der Waals surface area (Å²) >= 11 is 0. The summed E-state index contributed by atoms with van der Waals surface area (Å²) in [4.78, 5) is 0. The van der Waals surface area contributed by atoms with Crippen molar-refractivity contribution in [3.05, 3.63) is 30.5 Å². The first kappa shape index (κ1) is 14.1. The van der Waals surface area contributed by atoms with Crippen LogP contribution in [-0.2, 0) is 6.54 Å². The largest absolute Gasteiger partial charge is 0.265 e. The lowest BCUT2D eigenvalue weighted by atomic mass is 10.1. The zero-order chi connectivity index (χ0) is 13.3. The Bertz CT molecular complexity index is 473. The molecule has 104 valence electrons. The first-order valence-corrected chi connectivity index (χ1v) is 7.82. The van der Waals surface area contributed by atoms with Gasteiger partial charge in [-0.25, -0.2) is 0 Å². The molecular weight excluding hydrogens is 232 g/mol. The maximum absolute atomic E-state index is 4.47. The molecule has 0 aliphatic carbocycles. The molecule has 2 heteroatoms. The molecule has 1 heterocycles. The van der Waals surface area contributed by atoms with Crippen LogP contribution in [0, 0.1) is 0 Å². The number of unbranched alkanes of at least 4 members (excludes halogenated alkanes) is 7. The van der Waals surface area contributed by atoms with E-state index in [1.165, 1.54) is 62.3 Å². The minimum atomic E-state index is 1.06. The Hall–Kier alpha value is -1.31. The summed E-state index contributed by atoms with van der Waals surface area (Å²) in [5, 5.41) is 5.72. The van der Waals surface area contributed by atoms with E-state index < -0.39 is 0 Å². The van der Waals surface area contributed by atoms with Crippen LogP contribution in [0.3, 0.4) is 0 Å². The predicted molar refractivity (Wildman–Crippen MR) is 82.3 cm³/mol. The molecule has 2 aromatic rings. The minimum Gasteiger partial charge on any atom is -0.265 e. The Morgan fingerprint density at radius 2 is 1.58 bits per heavy atom. The summed E-state index contributed by atoms with van der Waals surface area (Å²) < 4.78 is 2.15. The highest BCUT2D eigenvalue weighted by molar-refractivity contribution is 5.78. The molecule has 1 aromatic carbocycles. The highest BCUT2D eigenvalue weighted by atomic mass is 15.3. The lowest BCUT2D eigenvalue weighted by Gasteiger charge is -2.04. The highest BCUT2D eigenvalue weighted by Gasteiger charge is 2.00. The van der Waals surface area contributed by atoms with Gasteiger partial charge in [0.15, 0.2) is 0 Å². The van der Waals surface area contributed by atoms with Gasteiger partial charge in [-0.05, 0) is 12.5 Å². The van der Waals surface area contributed by atoms with Crippen molar-refractivity contribution < 1.29 is 0 Å². The molecule has 0 saturated heterocycles. The molecule has 0 atom stereocenters. The first-order valence-electron chi connectivity index (χ1n) is 7.82. The number of hydrogen-bond acceptors (Lipinski definition) is 1. The number of hydrogen-bond donors (Lipinski definition) is 0. The lowest BCUT2D eigenvalue weighted by molar-refractivity contribution is 0.528. The summed E-state index contributed by atoms with van der Waals surface area (Å²) in [7, 11) is 0. The molecule has 0 aliphatic heterocycles. The van der Waals surface area contributed by atoms with Gasteiger partial charge >= 0.3 is 0 Å². The average molecular weight is 258 g/mol. The van der Waals surface area contributed by atoms with Crippen molar-refractivity contribution in [1.82, 2.24) is 9.78 Å². The zero-order valence-electron chi connectivity index (χ0n) is 12.1. The quantitative estimate of drug-likeness (QED) is 0.567. The van der Waals surface area contributed by atoms with Gasteiger partial charge in [-0.1, -0.05) is 70.1 Å². The molecule has 0 saturated carbocycles. The van der Waals surface area contributed by atoms with Crippen molar-refractivity contribution in [2.24, 2.45) is 0 Å². The van der Waals surface area contributed by atoms with Crippen molar-refractivity contribution >= 4 is 10.9 Å². The standard InChI is InChI=1S/C17H26N2/c1-2-3-4-5-6-7-8-11-14-19-17-13-10-9-12-16(17)15-18-19/h9-10,12-13,15H,2-8,11,14H2,1H3. The van der Waals surface area contributed by atoms with E-state index in [0.29, 0.717) is 0 Å². The van der Waals surface area contributed by atoms with E-state index in [4.69, 9.17) is 0 Å². The maximum atomic E-state index is 4.47. The molecule has 2 rings (SSSR count). The number of rotatable bonds is 9. The maximum Gasteiger partial charge on any atom is 0.0682 e. The normalized spacial score (nSPS) is 11.2. The first-order chi connectivity index (χ1) is 9.42. The summed E-state index contributed by atoms with van der Waals surface area (Å²) in [5.41, 5.74) is 1.27. The van der Waals surface area contributed by atoms with Crippen molar-refractivity contribution in [1.29, 1.82) is 0 Å². The van der Waals surface area contributed by atoms with E-state index >= 15 is 0 Å². The second kappa shape index (κ2) is 7.98. The van der Waals surface area contributed by atoms with Gasteiger partial charge in [-0.15, -0.1) is 0 Å². The number of aromatic nitrogens is 2. The molecule has 2 nitrogen and oxygen atoms in total. The Labute approximate surface area is 116 Å². The third-order valence-electron chi connectivity index (χ3n) is 3.77. The second-order valence-electron chi connectivity index (χ2n) is 5.40. The fraction of sp³-hybridized carbons (Fsp3) is 0.588. The van der Waals surface area contributed by atoms with Gasteiger partial charge in [-0.2, -0.15) is 5.10 Å². The van der Waals surface area contributed by atoms with Crippen LogP contribution >= 0.6 is 0 Å². The van der Waals surface area contributed by atoms with Crippen LogP contribution in [0.2, 0.25) is 0 Å². The second-order valence-corrected chi connectivity index (χ2v) is 5.40. The summed E-state index contributed by atoms with van der Waals surface area (Å²) in [6.07, 6.45) is 12.9. The number of para-hydroxylation sites is 1. The monoisotopic (exact) mass is 258 g/mol. The smallest absolute Gasteiger partial charge is 0.0682 e. The Morgan fingerprint density at radius 1 is 0.895 bits per heavy atom. The van der Waals surface area contributed by atoms with E-state index in [-0.39, 0.29) is 0 Å². The van der Waals surface area contributed by atoms with Crippen LogP contribution in [0.1, 0.15) is 58.3 Å². The third-order valence-corrected chi connectivity index (χ3v) is 3.77. The molecule has 0 bridgehead atoms. The summed E-state index contributed by atoms with van der Waals surface area (Å²) in [6.45, 7) is 3.33. The Morgan fingerprint density at radius 3 is 2.37 bits per heavy atom. The zero-order valence-corrected chi connectivity index (χ0v) is 12.1. The number of fused-ring (bicyclic) bond motifs is 1. The summed E-state index contributed by atoms with van der Waals surface area (Å²) in [5.74, 6) is 0. The van der Waals surface area contributed by atoms with Gasteiger partial charge in [0.05, 0.1) is 11.7 Å². The SMILES string of the molecule is CCCCCCCCCCn1ncc2ccccc21. The van der Waals surface area contributed by atoms with Crippen LogP contribution < -0.4 is 0 Å². The van der Waals surface area contributed by atoms with Crippen LogP contribution in [0.15, 0.2) is 30.5 Å². The van der Waals surface area contributed by atoms with Crippen molar-refractivity contribution in [3.8, 4) is 0 Å². The molecule has 0 radical (unpaired) electrons. The molecule has 0 unspecified atom stereocenters. The van der Waals surface area contributed by atoms with Gasteiger partial charge in [0.1, 0.15) is 0 Å². The molecule has 1 aromatic heterocycles. The Kier molecular flexibility index (Phi) is 5.93. The van der Waals surface area contributed by atoms with Crippen molar-refractivity contribution in [2.75, 3.05) is 0 Å². The van der Waals surface area contributed by atoms with Crippen LogP contribution in [0.4, 0.5) is 0 Å². The van der Waals surface area contributed by atoms with E-state index in [9.17, 15) is 0 Å². The van der Waals surface area contributed by atoms with Gasteiger partial charge in [0.2, 0.25) is 0 Å². The van der Waals surface area contributed by atoms with Gasteiger partial charge in [0, 0.05) is 11.9 Å². The molecule has 19 heavy (non-hydrogen) atoms. The number of benzene rings is 1. The van der Waals surface area contributed by atoms with Gasteiger partial charge in [-0.3, -0.25) is 4.68 Å². The van der Waals surface area contributed by atoms with Crippen molar-refractivity contribution in [2.45, 2.75) is 64.8 Å². The third kappa shape index (κ3) is 4.38. The van der Waals surface area contributed by atoms with Crippen LogP contribution in [0.5, 0.6) is 0 Å². The van der Waals surface area contributed by atoms with E-state index in [0.717, 1.165) is 6.54 Å². The van der Waals surface area contributed by atoms with Crippen LogP contribution in [-0.4, -0.2) is 9.78 Å². The molecule has 0 aliphatic rings. The topological polar surface area (TPSA) is 17.8 Å². The van der Waals surface area contributed by atoms with E-state index in [1.54, 1.807) is 0 Å². The minimum absolute atomic E-state index is 1.06. The lowest BCUT2D eigenvalue weighted by Crippen LogP contribution is -1.99. The van der Waals surface area contributed by atoms with E-state index in [2.05, 4.69) is 41.0 Å². The molecule has 0 fully saturated rings. The number of nitrogens with zero attached hydrogens (tertiary/aromatic N) is 2. The number of aryl methyl sites for hydroxylation is 1. The molecule has 0 amide bonds. The average Bonchev–Trinajstić information content (AvgIpc) is 2.85. The van der Waals surface area contributed by atoms with Crippen LogP contribution in [0.25, 0.3) is 10.9 Å². The summed E-state index contributed by atoms with van der Waals surface area (Å²) in [6, 6.07) is 8.46. The predicted octanol–water partition coefficient (Wildman–Crippen LogP) is 5.18. The fourth-order valence-corrected chi connectivity index (χ4v) is 2.60. The van der Waals surface area contributed by atoms with Gasteiger partial charge in [0.25, 0.3) is 0 Å². The molecule has 0 spiro atoms. The molecular formula is C17H26N2. The van der Waals surface area contributed by atoms with Crippen molar-refractivity contribution in [3.63, 3.8) is 0 Å². The molecule has 0 N–H and O–H groups in total. The van der Waals surface area contributed by atoms with Gasteiger partial charge < -0.3 is 0 Å². The van der Waals surface area contributed by atoms with E-state index in [1.807, 2.05) is 6.20 Å². The fourth-order valence-electron chi connectivity index (χ4n) is 2.60. The Balaban J connectivity index is 1.63.